The number of benzene rings is 1. The molecular formula is C17H27N3O. The number of rotatable bonds is 6. The molecule has 1 aliphatic heterocycles. The van der Waals surface area contributed by atoms with E-state index >= 15 is 0 Å². The maximum absolute atomic E-state index is 11.3. The van der Waals surface area contributed by atoms with Crippen LogP contribution in [0.5, 0.6) is 0 Å². The van der Waals surface area contributed by atoms with Crippen LogP contribution in [0.2, 0.25) is 0 Å². The predicted octanol–water partition coefficient (Wildman–Crippen LogP) is 2.31. The van der Waals surface area contributed by atoms with Crippen LogP contribution in [0.25, 0.3) is 0 Å². The zero-order chi connectivity index (χ0) is 15.2. The van der Waals surface area contributed by atoms with E-state index in [-0.39, 0.29) is 5.91 Å². The van der Waals surface area contributed by atoms with Crippen LogP contribution < -0.4 is 16.0 Å². The molecule has 1 heterocycles. The van der Waals surface area contributed by atoms with Crippen LogP contribution in [0.4, 0.5) is 5.69 Å². The smallest absolute Gasteiger partial charge is 0.248 e. The first kappa shape index (κ1) is 15.8. The molecule has 0 saturated carbocycles. The monoisotopic (exact) mass is 289 g/mol. The second-order valence-corrected chi connectivity index (χ2v) is 6.02. The average Bonchev–Trinajstić information content (AvgIpc) is 2.47. The predicted molar refractivity (Wildman–Crippen MR) is 87.8 cm³/mol. The Labute approximate surface area is 127 Å². The Morgan fingerprint density at radius 1 is 1.48 bits per heavy atom. The molecule has 0 bridgehead atoms. The van der Waals surface area contributed by atoms with E-state index in [9.17, 15) is 4.79 Å². The summed E-state index contributed by atoms with van der Waals surface area (Å²) in [6.45, 7) is 8.55. The van der Waals surface area contributed by atoms with Crippen LogP contribution in [-0.2, 0) is 0 Å². The fraction of sp³-hybridized carbons (Fsp3) is 0.588. The third-order valence-electron chi connectivity index (χ3n) is 4.21. The van der Waals surface area contributed by atoms with E-state index in [1.165, 1.54) is 18.5 Å². The molecule has 1 amide bonds. The molecule has 1 aromatic rings. The first-order chi connectivity index (χ1) is 10.1. The van der Waals surface area contributed by atoms with Gasteiger partial charge in [0.1, 0.15) is 0 Å². The Hall–Kier alpha value is -1.55. The molecule has 4 nitrogen and oxygen atoms in total. The summed E-state index contributed by atoms with van der Waals surface area (Å²) < 4.78 is 0. The van der Waals surface area contributed by atoms with Crippen molar-refractivity contribution in [1.82, 2.24) is 5.32 Å². The quantitative estimate of drug-likeness (QED) is 0.845. The Balaban J connectivity index is 2.13. The summed E-state index contributed by atoms with van der Waals surface area (Å²) in [6, 6.07) is 5.97. The average molecular weight is 289 g/mol. The second kappa shape index (κ2) is 7.46. The van der Waals surface area contributed by atoms with Crippen molar-refractivity contribution in [2.75, 3.05) is 31.1 Å². The highest BCUT2D eigenvalue weighted by molar-refractivity contribution is 5.94. The van der Waals surface area contributed by atoms with Crippen molar-refractivity contribution in [2.45, 2.75) is 33.1 Å². The van der Waals surface area contributed by atoms with Crippen LogP contribution in [0.1, 0.15) is 42.1 Å². The maximum Gasteiger partial charge on any atom is 0.248 e. The molecule has 1 atom stereocenters. The fourth-order valence-corrected chi connectivity index (χ4v) is 3.11. The summed E-state index contributed by atoms with van der Waals surface area (Å²) in [5.41, 5.74) is 8.17. The molecule has 0 radical (unpaired) electrons. The normalized spacial score (nSPS) is 18.5. The number of hydrogen-bond acceptors (Lipinski definition) is 3. The summed E-state index contributed by atoms with van der Waals surface area (Å²) in [5.74, 6) is 0.360. The van der Waals surface area contributed by atoms with Gasteiger partial charge in [0.05, 0.1) is 0 Å². The molecule has 0 aliphatic carbocycles. The first-order valence-electron chi connectivity index (χ1n) is 7.98. The summed E-state index contributed by atoms with van der Waals surface area (Å²) in [6.07, 6.45) is 3.69. The van der Waals surface area contributed by atoms with E-state index in [0.29, 0.717) is 11.5 Å². The van der Waals surface area contributed by atoms with Crippen molar-refractivity contribution >= 4 is 11.6 Å². The van der Waals surface area contributed by atoms with Gasteiger partial charge in [0, 0.05) is 24.3 Å². The van der Waals surface area contributed by atoms with E-state index in [2.05, 4.69) is 23.2 Å². The molecule has 1 unspecified atom stereocenters. The lowest BCUT2D eigenvalue weighted by molar-refractivity contribution is 0.0999. The molecule has 116 valence electrons. The molecule has 1 aliphatic rings. The highest BCUT2D eigenvalue weighted by Crippen LogP contribution is 2.22. The van der Waals surface area contributed by atoms with Crippen molar-refractivity contribution in [1.29, 1.82) is 0 Å². The minimum Gasteiger partial charge on any atom is -0.371 e. The van der Waals surface area contributed by atoms with Gasteiger partial charge in [0.25, 0.3) is 0 Å². The van der Waals surface area contributed by atoms with Gasteiger partial charge in [-0.05, 0) is 69.0 Å². The second-order valence-electron chi connectivity index (χ2n) is 6.02. The Morgan fingerprint density at radius 3 is 2.86 bits per heavy atom. The van der Waals surface area contributed by atoms with E-state index in [1.54, 1.807) is 0 Å². The summed E-state index contributed by atoms with van der Waals surface area (Å²) in [5, 5.41) is 3.48. The van der Waals surface area contributed by atoms with Crippen LogP contribution in [-0.4, -0.2) is 32.1 Å². The van der Waals surface area contributed by atoms with Gasteiger partial charge in [-0.1, -0.05) is 6.92 Å². The van der Waals surface area contributed by atoms with Crippen LogP contribution in [0.3, 0.4) is 0 Å². The van der Waals surface area contributed by atoms with E-state index in [4.69, 9.17) is 5.73 Å². The lowest BCUT2D eigenvalue weighted by atomic mass is 9.98. The van der Waals surface area contributed by atoms with Crippen molar-refractivity contribution in [3.8, 4) is 0 Å². The standard InChI is InChI=1S/C17H27N3O/c1-3-9-20(12-14-5-4-8-19-11-14)15-6-7-16(17(18)21)13(2)10-15/h6-7,10,14,19H,3-5,8-9,11-12H2,1-2H3,(H2,18,21). The largest absolute Gasteiger partial charge is 0.371 e. The van der Waals surface area contributed by atoms with Crippen molar-refractivity contribution in [3.05, 3.63) is 29.3 Å². The van der Waals surface area contributed by atoms with E-state index in [0.717, 1.165) is 38.2 Å². The minimum absolute atomic E-state index is 0.349. The zero-order valence-corrected chi connectivity index (χ0v) is 13.2. The number of nitrogens with zero attached hydrogens (tertiary/aromatic N) is 1. The SMILES string of the molecule is CCCN(CC1CCCNC1)c1ccc(C(N)=O)c(C)c1. The molecule has 0 spiro atoms. The number of carbonyl (C=O) groups is 1. The van der Waals surface area contributed by atoms with Crippen molar-refractivity contribution in [2.24, 2.45) is 11.7 Å². The molecule has 1 aromatic carbocycles. The molecular weight excluding hydrogens is 262 g/mol. The van der Waals surface area contributed by atoms with Crippen molar-refractivity contribution in [3.63, 3.8) is 0 Å². The van der Waals surface area contributed by atoms with Gasteiger partial charge in [0.2, 0.25) is 5.91 Å². The van der Waals surface area contributed by atoms with Gasteiger partial charge < -0.3 is 16.0 Å². The highest BCUT2D eigenvalue weighted by Gasteiger charge is 2.17. The Morgan fingerprint density at radius 2 is 2.29 bits per heavy atom. The Kier molecular flexibility index (Phi) is 5.62. The first-order valence-corrected chi connectivity index (χ1v) is 7.98. The minimum atomic E-state index is -0.349. The number of hydrogen-bond donors (Lipinski definition) is 2. The summed E-state index contributed by atoms with van der Waals surface area (Å²) in [4.78, 5) is 13.8. The fourth-order valence-electron chi connectivity index (χ4n) is 3.11. The molecule has 1 fully saturated rings. The molecule has 1 saturated heterocycles. The number of carbonyl (C=O) groups excluding carboxylic acids is 1. The number of anilines is 1. The van der Waals surface area contributed by atoms with Gasteiger partial charge in [-0.15, -0.1) is 0 Å². The Bertz CT molecular complexity index is 481. The van der Waals surface area contributed by atoms with Crippen LogP contribution in [0, 0.1) is 12.8 Å². The van der Waals surface area contributed by atoms with Gasteiger partial charge >= 0.3 is 0 Å². The third kappa shape index (κ3) is 4.21. The van der Waals surface area contributed by atoms with E-state index in [1.807, 2.05) is 19.1 Å². The van der Waals surface area contributed by atoms with Gasteiger partial charge in [-0.25, -0.2) is 0 Å². The summed E-state index contributed by atoms with van der Waals surface area (Å²) >= 11 is 0. The van der Waals surface area contributed by atoms with Crippen molar-refractivity contribution < 1.29 is 4.79 Å². The number of nitrogens with two attached hydrogens (primary N) is 1. The topological polar surface area (TPSA) is 58.4 Å². The van der Waals surface area contributed by atoms with E-state index < -0.39 is 0 Å². The zero-order valence-electron chi connectivity index (χ0n) is 13.2. The lowest BCUT2D eigenvalue weighted by Crippen LogP contribution is -2.38. The van der Waals surface area contributed by atoms with Gasteiger partial charge in [0.15, 0.2) is 0 Å². The molecule has 2 rings (SSSR count). The van der Waals surface area contributed by atoms with Crippen LogP contribution in [0.15, 0.2) is 18.2 Å². The number of aryl methyl sites for hydroxylation is 1. The third-order valence-corrected chi connectivity index (χ3v) is 4.21. The molecule has 4 heteroatoms. The molecule has 21 heavy (non-hydrogen) atoms. The number of amides is 1. The van der Waals surface area contributed by atoms with Gasteiger partial charge in [-0.3, -0.25) is 4.79 Å². The number of nitrogens with one attached hydrogen (secondary N) is 1. The van der Waals surface area contributed by atoms with Crippen LogP contribution >= 0.6 is 0 Å². The summed E-state index contributed by atoms with van der Waals surface area (Å²) in [7, 11) is 0. The number of piperidine rings is 1. The number of primary amides is 1. The highest BCUT2D eigenvalue weighted by atomic mass is 16.1. The van der Waals surface area contributed by atoms with Gasteiger partial charge in [-0.2, -0.15) is 0 Å². The molecule has 0 aromatic heterocycles. The maximum atomic E-state index is 11.3. The lowest BCUT2D eigenvalue weighted by Gasteiger charge is -2.32. The molecule has 3 N–H and O–H groups in total.